The first-order chi connectivity index (χ1) is 9.49. The Morgan fingerprint density at radius 2 is 2.05 bits per heavy atom. The molecule has 2 N–H and O–H groups in total. The van der Waals surface area contributed by atoms with Crippen LogP contribution in [0.1, 0.15) is 31.6 Å². The molecule has 0 amide bonds. The van der Waals surface area contributed by atoms with Crippen molar-refractivity contribution in [1.29, 1.82) is 0 Å². The zero-order chi connectivity index (χ0) is 14.6. The van der Waals surface area contributed by atoms with Crippen LogP contribution in [-0.2, 0) is 16.6 Å². The van der Waals surface area contributed by atoms with Crippen molar-refractivity contribution in [2.24, 2.45) is 0 Å². The maximum Gasteiger partial charge on any atom is 0.241 e. The quantitative estimate of drug-likeness (QED) is 0.839. The van der Waals surface area contributed by atoms with Gasteiger partial charge in [0.2, 0.25) is 10.0 Å². The summed E-state index contributed by atoms with van der Waals surface area (Å²) in [6.07, 6.45) is 1.85. The lowest BCUT2D eigenvalue weighted by molar-refractivity contribution is 0.527. The van der Waals surface area contributed by atoms with Crippen molar-refractivity contribution in [3.63, 3.8) is 0 Å². The third-order valence-corrected chi connectivity index (χ3v) is 6.91. The first kappa shape index (κ1) is 16.3. The maximum absolute atomic E-state index is 12.5. The van der Waals surface area contributed by atoms with Gasteiger partial charge in [0, 0.05) is 23.5 Å². The van der Waals surface area contributed by atoms with E-state index in [1.807, 2.05) is 17.1 Å². The van der Waals surface area contributed by atoms with E-state index in [4.69, 9.17) is 0 Å². The summed E-state index contributed by atoms with van der Waals surface area (Å²) in [5, 5.41) is 5.13. The molecule has 2 rings (SSSR count). The molecule has 1 aromatic rings. The second kappa shape index (κ2) is 7.26. The van der Waals surface area contributed by atoms with Gasteiger partial charge in [-0.05, 0) is 35.8 Å². The number of sulfonamides is 1. The molecule has 1 aliphatic rings. The van der Waals surface area contributed by atoms with Crippen LogP contribution in [0, 0.1) is 0 Å². The van der Waals surface area contributed by atoms with E-state index in [2.05, 4.69) is 23.9 Å². The summed E-state index contributed by atoms with van der Waals surface area (Å²) in [5.41, 5.74) is 0. The van der Waals surface area contributed by atoms with Crippen LogP contribution in [0.3, 0.4) is 0 Å². The van der Waals surface area contributed by atoms with Crippen LogP contribution < -0.4 is 10.0 Å². The molecule has 0 aliphatic carbocycles. The zero-order valence-electron chi connectivity index (χ0n) is 11.9. The van der Waals surface area contributed by atoms with E-state index in [-0.39, 0.29) is 6.04 Å². The van der Waals surface area contributed by atoms with Gasteiger partial charge in [-0.25, -0.2) is 13.1 Å². The van der Waals surface area contributed by atoms with E-state index in [1.165, 1.54) is 11.3 Å². The Balaban J connectivity index is 2.06. The fourth-order valence-corrected chi connectivity index (χ4v) is 5.90. The first-order valence-electron chi connectivity index (χ1n) is 6.89. The van der Waals surface area contributed by atoms with Crippen LogP contribution >= 0.6 is 23.1 Å². The third kappa shape index (κ3) is 4.46. The van der Waals surface area contributed by atoms with Crippen LogP contribution in [-0.4, -0.2) is 32.0 Å². The Labute approximate surface area is 129 Å². The second-order valence-electron chi connectivity index (χ2n) is 5.25. The Kier molecular flexibility index (Phi) is 5.92. The molecule has 0 radical (unpaired) electrons. The molecular formula is C13H22N2O2S3. The third-order valence-electron chi connectivity index (χ3n) is 3.21. The standard InChI is InChI=1S/C13H22N2O2S3/c1-10(2)14-9-12-13(5-8-19-12)20(16,17)15-11-3-6-18-7-4-11/h5,8,10-11,14-15H,3-4,6-7,9H2,1-2H3. The molecule has 0 bridgehead atoms. The number of rotatable bonds is 6. The van der Waals surface area contributed by atoms with Crippen molar-refractivity contribution in [3.8, 4) is 0 Å². The molecule has 0 atom stereocenters. The van der Waals surface area contributed by atoms with Crippen molar-refractivity contribution in [2.45, 2.75) is 50.2 Å². The summed E-state index contributed by atoms with van der Waals surface area (Å²) in [7, 11) is -3.38. The highest BCUT2D eigenvalue weighted by atomic mass is 32.2. The van der Waals surface area contributed by atoms with Gasteiger partial charge in [-0.1, -0.05) is 13.8 Å². The number of nitrogens with one attached hydrogen (secondary N) is 2. The van der Waals surface area contributed by atoms with E-state index in [9.17, 15) is 8.42 Å². The number of hydrogen-bond acceptors (Lipinski definition) is 5. The molecule has 4 nitrogen and oxygen atoms in total. The highest BCUT2D eigenvalue weighted by Crippen LogP contribution is 2.24. The Hall–Kier alpha value is -0.0800. The monoisotopic (exact) mass is 334 g/mol. The van der Waals surface area contributed by atoms with E-state index in [0.29, 0.717) is 17.5 Å². The van der Waals surface area contributed by atoms with Crippen LogP contribution in [0.15, 0.2) is 16.3 Å². The molecule has 1 saturated heterocycles. The topological polar surface area (TPSA) is 58.2 Å². The summed E-state index contributed by atoms with van der Waals surface area (Å²) in [5.74, 6) is 2.08. The van der Waals surface area contributed by atoms with E-state index in [1.54, 1.807) is 6.07 Å². The predicted molar refractivity (Wildman–Crippen MR) is 87.0 cm³/mol. The number of thioether (sulfide) groups is 1. The molecule has 1 aromatic heterocycles. The molecule has 114 valence electrons. The normalized spacial score (nSPS) is 17.8. The molecule has 20 heavy (non-hydrogen) atoms. The fourth-order valence-electron chi connectivity index (χ4n) is 2.09. The van der Waals surface area contributed by atoms with Gasteiger partial charge in [-0.15, -0.1) is 11.3 Å². The largest absolute Gasteiger partial charge is 0.310 e. The zero-order valence-corrected chi connectivity index (χ0v) is 14.3. The summed E-state index contributed by atoms with van der Waals surface area (Å²) in [6, 6.07) is 2.14. The molecule has 1 aliphatic heterocycles. The van der Waals surface area contributed by atoms with Gasteiger partial charge in [0.15, 0.2) is 0 Å². The number of hydrogen-bond donors (Lipinski definition) is 2. The Morgan fingerprint density at radius 3 is 2.70 bits per heavy atom. The minimum Gasteiger partial charge on any atom is -0.310 e. The Bertz CT molecular complexity index is 519. The lowest BCUT2D eigenvalue weighted by Gasteiger charge is -2.22. The van der Waals surface area contributed by atoms with E-state index < -0.39 is 10.0 Å². The van der Waals surface area contributed by atoms with E-state index in [0.717, 1.165) is 29.2 Å². The summed E-state index contributed by atoms with van der Waals surface area (Å²) >= 11 is 3.39. The van der Waals surface area contributed by atoms with E-state index >= 15 is 0 Å². The molecule has 0 saturated carbocycles. The summed E-state index contributed by atoms with van der Waals surface area (Å²) in [4.78, 5) is 1.32. The van der Waals surface area contributed by atoms with Crippen molar-refractivity contribution in [2.75, 3.05) is 11.5 Å². The SMILES string of the molecule is CC(C)NCc1sccc1S(=O)(=O)NC1CCSCC1. The molecule has 0 spiro atoms. The van der Waals surface area contributed by atoms with Crippen molar-refractivity contribution in [1.82, 2.24) is 10.0 Å². The van der Waals surface area contributed by atoms with Gasteiger partial charge < -0.3 is 5.32 Å². The lowest BCUT2D eigenvalue weighted by atomic mass is 10.2. The first-order valence-corrected chi connectivity index (χ1v) is 10.4. The predicted octanol–water partition coefficient (Wildman–Crippen LogP) is 2.42. The maximum atomic E-state index is 12.5. The Morgan fingerprint density at radius 1 is 1.35 bits per heavy atom. The second-order valence-corrected chi connectivity index (χ2v) is 9.16. The van der Waals surface area contributed by atoms with Gasteiger partial charge >= 0.3 is 0 Å². The highest BCUT2D eigenvalue weighted by Gasteiger charge is 2.24. The van der Waals surface area contributed by atoms with Gasteiger partial charge in [0.25, 0.3) is 0 Å². The van der Waals surface area contributed by atoms with Crippen LogP contribution in [0.5, 0.6) is 0 Å². The summed E-state index contributed by atoms with van der Waals surface area (Å²) in [6.45, 7) is 4.71. The lowest BCUT2D eigenvalue weighted by Crippen LogP contribution is -2.37. The average molecular weight is 335 g/mol. The fraction of sp³-hybridized carbons (Fsp3) is 0.692. The average Bonchev–Trinajstić information content (AvgIpc) is 2.86. The molecule has 7 heteroatoms. The highest BCUT2D eigenvalue weighted by molar-refractivity contribution is 7.99. The van der Waals surface area contributed by atoms with Crippen molar-refractivity contribution in [3.05, 3.63) is 16.3 Å². The minimum atomic E-state index is -3.38. The van der Waals surface area contributed by atoms with Crippen LogP contribution in [0.25, 0.3) is 0 Å². The minimum absolute atomic E-state index is 0.0899. The van der Waals surface area contributed by atoms with Gasteiger partial charge in [0.05, 0.1) is 4.90 Å². The summed E-state index contributed by atoms with van der Waals surface area (Å²) < 4.78 is 27.8. The van der Waals surface area contributed by atoms with Gasteiger partial charge in [0.1, 0.15) is 0 Å². The van der Waals surface area contributed by atoms with Gasteiger partial charge in [-0.3, -0.25) is 0 Å². The van der Waals surface area contributed by atoms with Crippen molar-refractivity contribution < 1.29 is 8.42 Å². The molecule has 2 heterocycles. The molecule has 0 unspecified atom stereocenters. The van der Waals surface area contributed by atoms with Crippen LogP contribution in [0.4, 0.5) is 0 Å². The number of thiophene rings is 1. The molecule has 0 aromatic carbocycles. The van der Waals surface area contributed by atoms with Gasteiger partial charge in [-0.2, -0.15) is 11.8 Å². The molecular weight excluding hydrogens is 312 g/mol. The van der Waals surface area contributed by atoms with Crippen LogP contribution in [0.2, 0.25) is 0 Å². The smallest absolute Gasteiger partial charge is 0.241 e. The van der Waals surface area contributed by atoms with Crippen molar-refractivity contribution >= 4 is 33.1 Å². The molecule has 1 fully saturated rings.